The summed E-state index contributed by atoms with van der Waals surface area (Å²) in [4.78, 5) is 6.54. The highest BCUT2D eigenvalue weighted by atomic mass is 127. The van der Waals surface area contributed by atoms with Gasteiger partial charge in [-0.05, 0) is 52.9 Å². The molecule has 1 saturated heterocycles. The Morgan fingerprint density at radius 2 is 2.07 bits per heavy atom. The van der Waals surface area contributed by atoms with Crippen LogP contribution in [0.15, 0.2) is 29.4 Å². The SMILES string of the molecule is CN(C)C=Nc1cccc2c1c(I)cn2[C@H]1C[C@@H](O)[C@@H](CO[Si](C)(C)C(C)(C)C)O1. The monoisotopic (exact) mass is 543 g/mol. The maximum Gasteiger partial charge on any atom is 0.192 e. The molecule has 6 nitrogen and oxygen atoms in total. The lowest BCUT2D eigenvalue weighted by molar-refractivity contribution is -0.0402. The average Bonchev–Trinajstić information content (AvgIpc) is 3.17. The molecule has 1 N–H and O–H groups in total. The number of benzene rings is 1. The summed E-state index contributed by atoms with van der Waals surface area (Å²) in [5.41, 5.74) is 2.00. The second kappa shape index (κ2) is 8.89. The zero-order chi connectivity index (χ0) is 22.3. The summed E-state index contributed by atoms with van der Waals surface area (Å²) in [5, 5.41) is 11.9. The molecule has 0 saturated carbocycles. The molecule has 0 unspecified atom stereocenters. The molecule has 0 aliphatic carbocycles. The molecule has 1 fully saturated rings. The second-order valence-electron chi connectivity index (χ2n) is 9.77. The Hall–Kier alpha value is -0.943. The van der Waals surface area contributed by atoms with E-state index in [4.69, 9.17) is 9.16 Å². The number of aliphatic hydroxyl groups excluding tert-OH is 1. The van der Waals surface area contributed by atoms with E-state index in [1.54, 1.807) is 0 Å². The van der Waals surface area contributed by atoms with Crippen molar-refractivity contribution in [2.24, 2.45) is 4.99 Å². The van der Waals surface area contributed by atoms with Crippen molar-refractivity contribution in [3.63, 3.8) is 0 Å². The molecule has 166 valence electrons. The highest BCUT2D eigenvalue weighted by Crippen LogP contribution is 2.40. The van der Waals surface area contributed by atoms with Crippen LogP contribution >= 0.6 is 22.6 Å². The van der Waals surface area contributed by atoms with Gasteiger partial charge in [0.15, 0.2) is 8.32 Å². The van der Waals surface area contributed by atoms with Gasteiger partial charge in [0.05, 0.1) is 30.3 Å². The number of ether oxygens (including phenoxy) is 1. The predicted molar refractivity (Wildman–Crippen MR) is 134 cm³/mol. The zero-order valence-corrected chi connectivity index (χ0v) is 22.2. The van der Waals surface area contributed by atoms with Crippen molar-refractivity contribution in [2.45, 2.75) is 63.8 Å². The van der Waals surface area contributed by atoms with Gasteiger partial charge < -0.3 is 23.7 Å². The topological polar surface area (TPSA) is 59.2 Å². The Balaban J connectivity index is 1.81. The van der Waals surface area contributed by atoms with Gasteiger partial charge in [-0.3, -0.25) is 0 Å². The molecule has 3 atom stereocenters. The number of nitrogens with zero attached hydrogens (tertiary/aromatic N) is 3. The largest absolute Gasteiger partial charge is 0.414 e. The highest BCUT2D eigenvalue weighted by Gasteiger charge is 2.41. The maximum atomic E-state index is 10.7. The van der Waals surface area contributed by atoms with Crippen molar-refractivity contribution in [1.29, 1.82) is 0 Å². The standard InChI is InChI=1S/C22H34IN3O3Si/c1-22(2,3)30(6,7)28-13-19-18(27)11-20(29-19)26-12-15(23)21-16(24-14-25(4)5)9-8-10-17(21)26/h8-10,12,14,18-20,27H,11,13H2,1-7H3/t18-,19-,20-/m1/s1. The number of hydrogen-bond donors (Lipinski definition) is 1. The third-order valence-electron chi connectivity index (χ3n) is 6.15. The van der Waals surface area contributed by atoms with Crippen LogP contribution in [0.4, 0.5) is 5.69 Å². The Bertz CT molecular complexity index is 920. The fourth-order valence-electron chi connectivity index (χ4n) is 3.31. The second-order valence-corrected chi connectivity index (χ2v) is 15.7. The molecule has 1 aliphatic heterocycles. The van der Waals surface area contributed by atoms with Gasteiger partial charge in [-0.25, -0.2) is 4.99 Å². The maximum absolute atomic E-state index is 10.7. The first-order valence-corrected chi connectivity index (χ1v) is 14.4. The molecular weight excluding hydrogens is 509 g/mol. The van der Waals surface area contributed by atoms with Crippen molar-refractivity contribution >= 4 is 53.8 Å². The van der Waals surface area contributed by atoms with Crippen molar-refractivity contribution in [3.05, 3.63) is 28.0 Å². The summed E-state index contributed by atoms with van der Waals surface area (Å²) in [7, 11) is 2.03. The van der Waals surface area contributed by atoms with Gasteiger partial charge in [0.25, 0.3) is 0 Å². The molecular formula is C22H34IN3O3Si. The van der Waals surface area contributed by atoms with Crippen LogP contribution in [0, 0.1) is 3.57 Å². The lowest BCUT2D eigenvalue weighted by atomic mass is 10.2. The van der Waals surface area contributed by atoms with E-state index < -0.39 is 14.4 Å². The summed E-state index contributed by atoms with van der Waals surface area (Å²) >= 11 is 2.35. The first-order chi connectivity index (χ1) is 13.9. The van der Waals surface area contributed by atoms with E-state index in [1.165, 1.54) is 0 Å². The zero-order valence-electron chi connectivity index (χ0n) is 19.0. The lowest BCUT2D eigenvalue weighted by Gasteiger charge is -2.37. The van der Waals surface area contributed by atoms with Crippen LogP contribution in [0.3, 0.4) is 0 Å². The van der Waals surface area contributed by atoms with E-state index in [1.807, 2.05) is 37.5 Å². The molecule has 2 heterocycles. The molecule has 30 heavy (non-hydrogen) atoms. The lowest BCUT2D eigenvalue weighted by Crippen LogP contribution is -2.43. The number of rotatable bonds is 6. The molecule has 2 aromatic rings. The van der Waals surface area contributed by atoms with E-state index in [-0.39, 0.29) is 17.4 Å². The van der Waals surface area contributed by atoms with Crippen molar-refractivity contribution < 1.29 is 14.3 Å². The number of fused-ring (bicyclic) bond motifs is 1. The van der Waals surface area contributed by atoms with Crippen LogP contribution in [0.2, 0.25) is 18.1 Å². The summed E-state index contributed by atoms with van der Waals surface area (Å²) in [5.74, 6) is 0. The van der Waals surface area contributed by atoms with Crippen LogP contribution in [-0.2, 0) is 9.16 Å². The quantitative estimate of drug-likeness (QED) is 0.237. The fraction of sp³-hybridized carbons (Fsp3) is 0.591. The third kappa shape index (κ3) is 4.93. The molecule has 0 spiro atoms. The minimum Gasteiger partial charge on any atom is -0.414 e. The van der Waals surface area contributed by atoms with E-state index >= 15 is 0 Å². The number of halogens is 1. The summed E-state index contributed by atoms with van der Waals surface area (Å²) in [6.07, 6.45) is 3.39. The Morgan fingerprint density at radius 1 is 1.37 bits per heavy atom. The normalized spacial score (nSPS) is 23.0. The van der Waals surface area contributed by atoms with E-state index in [9.17, 15) is 5.11 Å². The van der Waals surface area contributed by atoms with Crippen LogP contribution in [0.5, 0.6) is 0 Å². The minimum absolute atomic E-state index is 0.131. The molecule has 0 amide bonds. The van der Waals surface area contributed by atoms with E-state index in [0.29, 0.717) is 13.0 Å². The molecule has 1 aromatic carbocycles. The Kier molecular flexibility index (Phi) is 7.03. The molecule has 8 heteroatoms. The van der Waals surface area contributed by atoms with Crippen LogP contribution in [0.1, 0.15) is 33.4 Å². The van der Waals surface area contributed by atoms with Crippen molar-refractivity contribution in [1.82, 2.24) is 9.47 Å². The van der Waals surface area contributed by atoms with Gasteiger partial charge in [0.2, 0.25) is 0 Å². The number of aromatic nitrogens is 1. The molecule has 0 radical (unpaired) electrons. The van der Waals surface area contributed by atoms with Crippen LogP contribution < -0.4 is 0 Å². The number of aliphatic imine (C=N–C) groups is 1. The van der Waals surface area contributed by atoms with Crippen molar-refractivity contribution in [2.75, 3.05) is 20.7 Å². The van der Waals surface area contributed by atoms with Gasteiger partial charge in [0.1, 0.15) is 12.3 Å². The third-order valence-corrected chi connectivity index (χ3v) is 11.5. The highest BCUT2D eigenvalue weighted by molar-refractivity contribution is 14.1. The number of hydrogen-bond acceptors (Lipinski definition) is 4. The molecule has 3 rings (SSSR count). The summed E-state index contributed by atoms with van der Waals surface area (Å²) < 4.78 is 15.9. The van der Waals surface area contributed by atoms with Gasteiger partial charge in [-0.15, -0.1) is 0 Å². The Morgan fingerprint density at radius 3 is 2.70 bits per heavy atom. The smallest absolute Gasteiger partial charge is 0.192 e. The minimum atomic E-state index is -1.89. The first kappa shape index (κ1) is 23.7. The van der Waals surface area contributed by atoms with Crippen LogP contribution in [-0.4, -0.2) is 62.1 Å². The molecule has 1 aliphatic rings. The summed E-state index contributed by atoms with van der Waals surface area (Å²) in [6.45, 7) is 11.5. The van der Waals surface area contributed by atoms with Gasteiger partial charge in [-0.1, -0.05) is 26.8 Å². The number of aliphatic hydroxyl groups is 1. The predicted octanol–water partition coefficient (Wildman–Crippen LogP) is 5.14. The average molecular weight is 544 g/mol. The van der Waals surface area contributed by atoms with Gasteiger partial charge >= 0.3 is 0 Å². The Labute approximate surface area is 194 Å². The summed E-state index contributed by atoms with van der Waals surface area (Å²) in [6, 6.07) is 6.12. The molecule has 1 aromatic heterocycles. The first-order valence-electron chi connectivity index (χ1n) is 10.4. The van der Waals surface area contributed by atoms with Gasteiger partial charge in [0, 0.05) is 35.7 Å². The van der Waals surface area contributed by atoms with Crippen LogP contribution in [0.25, 0.3) is 10.9 Å². The van der Waals surface area contributed by atoms with Crippen molar-refractivity contribution in [3.8, 4) is 0 Å². The van der Waals surface area contributed by atoms with E-state index in [2.05, 4.69) is 78.3 Å². The van der Waals surface area contributed by atoms with Gasteiger partial charge in [-0.2, -0.15) is 0 Å². The molecule has 0 bridgehead atoms. The van der Waals surface area contributed by atoms with E-state index in [0.717, 1.165) is 20.2 Å². The fourth-order valence-corrected chi connectivity index (χ4v) is 5.18.